The number of ether oxygens (including phenoxy) is 2. The van der Waals surface area contributed by atoms with Gasteiger partial charge >= 0.3 is 5.97 Å². The lowest BCUT2D eigenvalue weighted by Gasteiger charge is -2.26. The third-order valence-electron chi connectivity index (χ3n) is 3.61. The molecule has 0 saturated carbocycles. The Morgan fingerprint density at radius 3 is 2.68 bits per heavy atom. The molecule has 0 bridgehead atoms. The van der Waals surface area contributed by atoms with E-state index in [1.807, 2.05) is 6.92 Å². The van der Waals surface area contributed by atoms with E-state index >= 15 is 0 Å². The van der Waals surface area contributed by atoms with Gasteiger partial charge in [-0.1, -0.05) is 13.0 Å². The molecule has 8 nitrogen and oxygen atoms in total. The Morgan fingerprint density at radius 1 is 1.28 bits per heavy atom. The maximum atomic E-state index is 12.1. The van der Waals surface area contributed by atoms with Crippen molar-refractivity contribution in [1.82, 2.24) is 9.62 Å². The highest BCUT2D eigenvalue weighted by atomic mass is 32.2. The molecule has 1 aromatic carbocycles. The van der Waals surface area contributed by atoms with Gasteiger partial charge in [0.25, 0.3) is 5.91 Å². The molecule has 0 aromatic heterocycles. The lowest BCUT2D eigenvalue weighted by Crippen LogP contribution is -2.42. The van der Waals surface area contributed by atoms with E-state index in [0.717, 1.165) is 0 Å². The summed E-state index contributed by atoms with van der Waals surface area (Å²) in [4.78, 5) is 25.6. The summed E-state index contributed by atoms with van der Waals surface area (Å²) in [6.45, 7) is 3.63. The van der Waals surface area contributed by atoms with Crippen LogP contribution in [0.25, 0.3) is 0 Å². The average Bonchev–Trinajstić information content (AvgIpc) is 2.65. The maximum Gasteiger partial charge on any atom is 0.338 e. The first-order valence-electron chi connectivity index (χ1n) is 8.06. The number of nitrogens with zero attached hydrogens (tertiary/aromatic N) is 1. The summed E-state index contributed by atoms with van der Waals surface area (Å²) in [5, 5.41) is 0. The van der Waals surface area contributed by atoms with Crippen molar-refractivity contribution >= 4 is 21.9 Å². The molecule has 1 heterocycles. The predicted octanol–water partition coefficient (Wildman–Crippen LogP) is 0.391. The minimum atomic E-state index is -3.67. The lowest BCUT2D eigenvalue weighted by molar-refractivity contribution is -0.138. The molecule has 2 rings (SSSR count). The summed E-state index contributed by atoms with van der Waals surface area (Å²) in [5.41, 5.74) is 0.0779. The Kier molecular flexibility index (Phi) is 6.91. The molecule has 25 heavy (non-hydrogen) atoms. The van der Waals surface area contributed by atoms with Crippen molar-refractivity contribution in [2.75, 3.05) is 39.5 Å². The first kappa shape index (κ1) is 19.4. The second-order valence-corrected chi connectivity index (χ2v) is 7.26. The number of hydrogen-bond acceptors (Lipinski definition) is 6. The standard InChI is InChI=1S/C16H22N2O6S/c1-2-6-17-25(21,22)14-5-3-4-13(11-14)16(20)24-12-15(19)18-7-9-23-10-8-18/h3-5,11,17H,2,6-10,12H2,1H3. The van der Waals surface area contributed by atoms with Crippen LogP contribution in [-0.2, 0) is 24.3 Å². The van der Waals surface area contributed by atoms with Gasteiger partial charge in [0.1, 0.15) is 0 Å². The molecule has 9 heteroatoms. The first-order valence-corrected chi connectivity index (χ1v) is 9.54. The third kappa shape index (κ3) is 5.52. The fraction of sp³-hybridized carbons (Fsp3) is 0.500. The van der Waals surface area contributed by atoms with E-state index in [1.54, 1.807) is 4.90 Å². The summed E-state index contributed by atoms with van der Waals surface area (Å²) in [7, 11) is -3.67. The van der Waals surface area contributed by atoms with Crippen LogP contribution in [0.1, 0.15) is 23.7 Å². The molecule has 1 saturated heterocycles. The van der Waals surface area contributed by atoms with Gasteiger partial charge in [-0.15, -0.1) is 0 Å². The van der Waals surface area contributed by atoms with Gasteiger partial charge in [-0.25, -0.2) is 17.9 Å². The number of benzene rings is 1. The zero-order chi connectivity index (χ0) is 18.3. The molecule has 1 aliphatic rings. The second-order valence-electron chi connectivity index (χ2n) is 5.49. The smallest absolute Gasteiger partial charge is 0.338 e. The van der Waals surface area contributed by atoms with E-state index in [-0.39, 0.29) is 23.0 Å². The quantitative estimate of drug-likeness (QED) is 0.697. The monoisotopic (exact) mass is 370 g/mol. The van der Waals surface area contributed by atoms with Gasteiger partial charge in [0.2, 0.25) is 10.0 Å². The van der Waals surface area contributed by atoms with Crippen molar-refractivity contribution in [3.63, 3.8) is 0 Å². The van der Waals surface area contributed by atoms with Crippen molar-refractivity contribution < 1.29 is 27.5 Å². The predicted molar refractivity (Wildman–Crippen MR) is 89.6 cm³/mol. The molecular formula is C16H22N2O6S. The lowest BCUT2D eigenvalue weighted by atomic mass is 10.2. The number of esters is 1. The van der Waals surface area contributed by atoms with Gasteiger partial charge in [-0.3, -0.25) is 4.79 Å². The van der Waals surface area contributed by atoms with Gasteiger partial charge in [-0.2, -0.15) is 0 Å². The van der Waals surface area contributed by atoms with Gasteiger partial charge in [0, 0.05) is 19.6 Å². The molecule has 1 N–H and O–H groups in total. The number of carbonyl (C=O) groups is 2. The van der Waals surface area contributed by atoms with Crippen molar-refractivity contribution in [2.45, 2.75) is 18.2 Å². The normalized spacial score (nSPS) is 15.0. The SMILES string of the molecule is CCCNS(=O)(=O)c1cccc(C(=O)OCC(=O)N2CCOCC2)c1. The topological polar surface area (TPSA) is 102 Å². The number of nitrogens with one attached hydrogen (secondary N) is 1. The summed E-state index contributed by atoms with van der Waals surface area (Å²) >= 11 is 0. The van der Waals surface area contributed by atoms with Crippen LogP contribution in [0, 0.1) is 0 Å². The molecule has 1 aliphatic heterocycles. The number of rotatable bonds is 7. The molecule has 1 fully saturated rings. The van der Waals surface area contributed by atoms with Crippen LogP contribution in [-0.4, -0.2) is 64.6 Å². The molecule has 1 amide bonds. The van der Waals surface area contributed by atoms with Gasteiger partial charge < -0.3 is 14.4 Å². The Morgan fingerprint density at radius 2 is 2.00 bits per heavy atom. The Hall–Kier alpha value is -1.97. The van der Waals surface area contributed by atoms with Crippen LogP contribution in [0.5, 0.6) is 0 Å². The van der Waals surface area contributed by atoms with Crippen molar-refractivity contribution in [2.24, 2.45) is 0 Å². The van der Waals surface area contributed by atoms with E-state index in [4.69, 9.17) is 9.47 Å². The zero-order valence-electron chi connectivity index (χ0n) is 14.1. The number of amides is 1. The van der Waals surface area contributed by atoms with Gasteiger partial charge in [0.05, 0.1) is 23.7 Å². The molecule has 0 spiro atoms. The summed E-state index contributed by atoms with van der Waals surface area (Å²) in [5.74, 6) is -1.04. The molecule has 1 aromatic rings. The van der Waals surface area contributed by atoms with Gasteiger partial charge in [0.15, 0.2) is 6.61 Å². The highest BCUT2D eigenvalue weighted by Crippen LogP contribution is 2.12. The van der Waals surface area contributed by atoms with Crippen LogP contribution in [0.3, 0.4) is 0 Å². The number of morpholine rings is 1. The number of carbonyl (C=O) groups excluding carboxylic acids is 2. The van der Waals surface area contributed by atoms with Crippen LogP contribution in [0.4, 0.5) is 0 Å². The fourth-order valence-electron chi connectivity index (χ4n) is 2.22. The van der Waals surface area contributed by atoms with Gasteiger partial charge in [-0.05, 0) is 24.6 Å². The molecule has 0 aliphatic carbocycles. The molecule has 0 radical (unpaired) electrons. The maximum absolute atomic E-state index is 12.1. The largest absolute Gasteiger partial charge is 0.452 e. The minimum Gasteiger partial charge on any atom is -0.452 e. The summed E-state index contributed by atoms with van der Waals surface area (Å²) < 4.78 is 36.8. The highest BCUT2D eigenvalue weighted by Gasteiger charge is 2.20. The molecule has 0 unspecified atom stereocenters. The Labute approximate surface area is 147 Å². The fourth-order valence-corrected chi connectivity index (χ4v) is 3.40. The molecule has 138 valence electrons. The number of hydrogen-bond donors (Lipinski definition) is 1. The van der Waals surface area contributed by atoms with E-state index < -0.39 is 16.0 Å². The minimum absolute atomic E-state index is 0.0186. The average molecular weight is 370 g/mol. The van der Waals surface area contributed by atoms with Crippen LogP contribution in [0.2, 0.25) is 0 Å². The zero-order valence-corrected chi connectivity index (χ0v) is 14.9. The summed E-state index contributed by atoms with van der Waals surface area (Å²) in [6.07, 6.45) is 0.657. The van der Waals surface area contributed by atoms with Crippen molar-refractivity contribution in [3.05, 3.63) is 29.8 Å². The van der Waals surface area contributed by atoms with E-state index in [9.17, 15) is 18.0 Å². The Bertz CT molecular complexity index is 713. The summed E-state index contributed by atoms with van der Waals surface area (Å²) in [6, 6.07) is 5.54. The Balaban J connectivity index is 1.97. The van der Waals surface area contributed by atoms with Crippen LogP contribution >= 0.6 is 0 Å². The molecule has 0 atom stereocenters. The van der Waals surface area contributed by atoms with Crippen molar-refractivity contribution in [3.8, 4) is 0 Å². The second kappa shape index (κ2) is 8.93. The van der Waals surface area contributed by atoms with E-state index in [0.29, 0.717) is 39.3 Å². The molecular weight excluding hydrogens is 348 g/mol. The van der Waals surface area contributed by atoms with E-state index in [1.165, 1.54) is 24.3 Å². The van der Waals surface area contributed by atoms with Crippen LogP contribution < -0.4 is 4.72 Å². The van der Waals surface area contributed by atoms with Crippen LogP contribution in [0.15, 0.2) is 29.2 Å². The third-order valence-corrected chi connectivity index (χ3v) is 5.07. The highest BCUT2D eigenvalue weighted by molar-refractivity contribution is 7.89. The van der Waals surface area contributed by atoms with Crippen molar-refractivity contribution in [1.29, 1.82) is 0 Å². The first-order chi connectivity index (χ1) is 11.9. The van der Waals surface area contributed by atoms with E-state index in [2.05, 4.69) is 4.72 Å². The number of sulfonamides is 1.